The lowest BCUT2D eigenvalue weighted by atomic mass is 10.4. The Labute approximate surface area is 93.3 Å². The summed E-state index contributed by atoms with van der Waals surface area (Å²) in [6.07, 6.45) is 3.17. The summed E-state index contributed by atoms with van der Waals surface area (Å²) in [7, 11) is -1.43. The average Bonchev–Trinajstić information content (AvgIpc) is 3.01. The maximum atomic E-state index is 12.3. The van der Waals surface area contributed by atoms with Gasteiger partial charge in [-0.15, -0.1) is 0 Å². The Balaban J connectivity index is 2.25. The summed E-state index contributed by atoms with van der Waals surface area (Å²) in [6.45, 7) is 0.365. The molecule has 0 aromatic carbocycles. The first-order valence-electron chi connectivity index (χ1n) is 4.83. The van der Waals surface area contributed by atoms with E-state index in [1.165, 1.54) is 0 Å². The summed E-state index contributed by atoms with van der Waals surface area (Å²) in [4.78, 5) is 0. The van der Waals surface area contributed by atoms with Crippen molar-refractivity contribution >= 4 is 25.8 Å². The molecule has 2 aliphatic carbocycles. The molecule has 0 radical (unpaired) electrons. The van der Waals surface area contributed by atoms with Gasteiger partial charge < -0.3 is 4.74 Å². The van der Waals surface area contributed by atoms with Crippen molar-refractivity contribution < 1.29 is 13.2 Å². The van der Waals surface area contributed by atoms with Gasteiger partial charge in [-0.3, -0.25) is 0 Å². The predicted molar refractivity (Wildman–Crippen MR) is 58.5 cm³/mol. The van der Waals surface area contributed by atoms with Crippen molar-refractivity contribution in [1.82, 2.24) is 0 Å². The van der Waals surface area contributed by atoms with Crippen molar-refractivity contribution in [2.75, 3.05) is 19.0 Å². The van der Waals surface area contributed by atoms with Crippen molar-refractivity contribution in [3.63, 3.8) is 0 Å². The van der Waals surface area contributed by atoms with Crippen LogP contribution in [-0.2, 0) is 14.6 Å². The first kappa shape index (κ1) is 10.9. The third-order valence-corrected chi connectivity index (χ3v) is 8.21. The monoisotopic (exact) mass is 282 g/mol. The van der Waals surface area contributed by atoms with Crippen LogP contribution in [0.25, 0.3) is 0 Å². The zero-order chi connectivity index (χ0) is 10.4. The van der Waals surface area contributed by atoms with E-state index in [4.69, 9.17) is 4.74 Å². The van der Waals surface area contributed by atoms with Crippen molar-refractivity contribution in [3.05, 3.63) is 0 Å². The molecule has 0 aromatic rings. The second-order valence-electron chi connectivity index (χ2n) is 4.44. The Morgan fingerprint density at radius 1 is 1.21 bits per heavy atom. The summed E-state index contributed by atoms with van der Waals surface area (Å²) in [5, 5.41) is 0.577. The first-order valence-corrected chi connectivity index (χ1v) is 7.43. The molecule has 0 saturated heterocycles. The lowest BCUT2D eigenvalue weighted by Gasteiger charge is -2.21. The number of halogens is 1. The van der Waals surface area contributed by atoms with Crippen molar-refractivity contribution in [2.24, 2.45) is 0 Å². The topological polar surface area (TPSA) is 43.4 Å². The van der Waals surface area contributed by atoms with Gasteiger partial charge in [0.05, 0.1) is 16.1 Å². The minimum Gasteiger partial charge on any atom is -0.383 e. The first-order chi connectivity index (χ1) is 6.54. The van der Waals surface area contributed by atoms with Gasteiger partial charge in [0.25, 0.3) is 0 Å². The SMILES string of the molecule is COCC1(S(=O)(=O)C2(CBr)CC2)CC1. The molecular weight excluding hydrogens is 268 g/mol. The van der Waals surface area contributed by atoms with Gasteiger partial charge in [-0.1, -0.05) is 15.9 Å². The minimum atomic E-state index is -3.00. The Kier molecular flexibility index (Phi) is 2.48. The molecule has 3 nitrogen and oxygen atoms in total. The smallest absolute Gasteiger partial charge is 0.164 e. The van der Waals surface area contributed by atoms with Crippen LogP contribution < -0.4 is 0 Å². The molecule has 5 heteroatoms. The van der Waals surface area contributed by atoms with Gasteiger partial charge >= 0.3 is 0 Å². The molecular formula is C9H15BrO3S. The Morgan fingerprint density at radius 2 is 1.71 bits per heavy atom. The number of sulfone groups is 1. The highest BCUT2D eigenvalue weighted by Gasteiger charge is 2.66. The second kappa shape index (κ2) is 3.19. The van der Waals surface area contributed by atoms with Crippen LogP contribution in [0.1, 0.15) is 25.7 Å². The van der Waals surface area contributed by atoms with E-state index in [-0.39, 0.29) is 0 Å². The van der Waals surface area contributed by atoms with E-state index < -0.39 is 19.3 Å². The van der Waals surface area contributed by atoms with Crippen molar-refractivity contribution in [3.8, 4) is 0 Å². The molecule has 0 aliphatic heterocycles. The van der Waals surface area contributed by atoms with Gasteiger partial charge in [-0.05, 0) is 25.7 Å². The van der Waals surface area contributed by atoms with Crippen LogP contribution in [0.3, 0.4) is 0 Å². The summed E-state index contributed by atoms with van der Waals surface area (Å²) >= 11 is 3.32. The minimum absolute atomic E-state index is 0.365. The van der Waals surface area contributed by atoms with Crippen LogP contribution >= 0.6 is 15.9 Å². The van der Waals surface area contributed by atoms with Crippen molar-refractivity contribution in [2.45, 2.75) is 35.2 Å². The van der Waals surface area contributed by atoms with Gasteiger partial charge in [-0.2, -0.15) is 0 Å². The van der Waals surface area contributed by atoms with Crippen LogP contribution in [0.15, 0.2) is 0 Å². The van der Waals surface area contributed by atoms with E-state index in [2.05, 4.69) is 15.9 Å². The lowest BCUT2D eigenvalue weighted by Crippen LogP contribution is -2.39. The third-order valence-electron chi connectivity index (χ3n) is 3.41. The fraction of sp³-hybridized carbons (Fsp3) is 1.00. The van der Waals surface area contributed by atoms with Crippen LogP contribution in [-0.4, -0.2) is 37.0 Å². The molecule has 2 fully saturated rings. The highest BCUT2D eigenvalue weighted by Crippen LogP contribution is 2.56. The quantitative estimate of drug-likeness (QED) is 0.718. The Morgan fingerprint density at radius 3 is 2.00 bits per heavy atom. The Hall–Kier alpha value is 0.390. The molecule has 0 aromatic heterocycles. The van der Waals surface area contributed by atoms with E-state index in [0.717, 1.165) is 25.7 Å². The number of methoxy groups -OCH3 is 1. The number of hydrogen-bond acceptors (Lipinski definition) is 3. The standard InChI is InChI=1S/C9H15BrO3S/c1-13-7-9(4-5-9)14(11,12)8(6-10)2-3-8/h2-7H2,1H3. The van der Waals surface area contributed by atoms with E-state index in [1.807, 2.05) is 0 Å². The summed E-state index contributed by atoms with van der Waals surface area (Å²) in [5.41, 5.74) is 0. The van der Waals surface area contributed by atoms with Crippen LogP contribution in [0.5, 0.6) is 0 Å². The van der Waals surface area contributed by atoms with Crippen LogP contribution in [0.2, 0.25) is 0 Å². The molecule has 0 heterocycles. The fourth-order valence-corrected chi connectivity index (χ4v) is 6.05. The molecule has 2 saturated carbocycles. The van der Waals surface area contributed by atoms with Gasteiger partial charge in [0.1, 0.15) is 0 Å². The van der Waals surface area contributed by atoms with E-state index >= 15 is 0 Å². The molecule has 0 N–H and O–H groups in total. The molecule has 2 rings (SSSR count). The lowest BCUT2D eigenvalue weighted by molar-refractivity contribution is 0.191. The van der Waals surface area contributed by atoms with E-state index in [0.29, 0.717) is 11.9 Å². The zero-order valence-electron chi connectivity index (χ0n) is 8.25. The fourth-order valence-electron chi connectivity index (χ4n) is 1.97. The molecule has 2 aliphatic rings. The average molecular weight is 283 g/mol. The number of rotatable bonds is 5. The summed E-state index contributed by atoms with van der Waals surface area (Å²) in [5.74, 6) is 0. The van der Waals surface area contributed by atoms with Crippen LogP contribution in [0, 0.1) is 0 Å². The summed E-state index contributed by atoms with van der Waals surface area (Å²) in [6, 6.07) is 0. The predicted octanol–water partition coefficient (Wildman–Crippen LogP) is 1.51. The molecule has 82 valence electrons. The van der Waals surface area contributed by atoms with Gasteiger partial charge in [-0.25, -0.2) is 8.42 Å². The van der Waals surface area contributed by atoms with Gasteiger partial charge in [0, 0.05) is 12.4 Å². The number of ether oxygens (including phenoxy) is 1. The van der Waals surface area contributed by atoms with Gasteiger partial charge in [0.15, 0.2) is 9.84 Å². The van der Waals surface area contributed by atoms with Crippen molar-refractivity contribution in [1.29, 1.82) is 0 Å². The maximum Gasteiger partial charge on any atom is 0.164 e. The number of hydrogen-bond donors (Lipinski definition) is 0. The Bertz CT molecular complexity index is 328. The molecule has 0 spiro atoms. The van der Waals surface area contributed by atoms with Gasteiger partial charge in [0.2, 0.25) is 0 Å². The molecule has 0 bridgehead atoms. The molecule has 0 unspecified atom stereocenters. The summed E-state index contributed by atoms with van der Waals surface area (Å²) < 4.78 is 28.7. The highest BCUT2D eigenvalue weighted by molar-refractivity contribution is 9.09. The van der Waals surface area contributed by atoms with E-state index in [1.54, 1.807) is 7.11 Å². The largest absolute Gasteiger partial charge is 0.383 e. The highest BCUT2D eigenvalue weighted by atomic mass is 79.9. The number of alkyl halides is 1. The maximum absolute atomic E-state index is 12.3. The molecule has 0 amide bonds. The third kappa shape index (κ3) is 1.28. The van der Waals surface area contributed by atoms with E-state index in [9.17, 15) is 8.42 Å². The second-order valence-corrected chi connectivity index (χ2v) is 7.74. The zero-order valence-corrected chi connectivity index (χ0v) is 10.7. The molecule has 0 atom stereocenters. The van der Waals surface area contributed by atoms with Crippen LogP contribution in [0.4, 0.5) is 0 Å². The molecule has 14 heavy (non-hydrogen) atoms. The normalized spacial score (nSPS) is 27.3.